The second-order valence-electron chi connectivity index (χ2n) is 21.3. The Balaban J connectivity index is 1.42. The summed E-state index contributed by atoms with van der Waals surface area (Å²) in [5.74, 6) is -3.62. The van der Waals surface area contributed by atoms with Crippen LogP contribution in [-0.4, -0.2) is 118 Å². The van der Waals surface area contributed by atoms with Crippen LogP contribution in [0, 0.1) is 0 Å². The minimum Gasteiger partial charge on any atom is -0.444 e. The molecule has 0 spiro atoms. The summed E-state index contributed by atoms with van der Waals surface area (Å²) in [4.78, 5) is 94.2. The van der Waals surface area contributed by atoms with E-state index in [0.29, 0.717) is 55.8 Å². The molecule has 2 aromatic heterocycles. The first-order chi connectivity index (χ1) is 35.4. The summed E-state index contributed by atoms with van der Waals surface area (Å²) in [5.41, 5.74) is 14.3. The average Bonchev–Trinajstić information content (AvgIpc) is 3.87. The summed E-state index contributed by atoms with van der Waals surface area (Å²) < 4.78 is 50.5. The lowest BCUT2D eigenvalue weighted by atomic mass is 10.0. The molecule has 5 rings (SSSR count). The Hall–Kier alpha value is -7.34. The molecule has 0 aliphatic heterocycles. The van der Waals surface area contributed by atoms with E-state index in [2.05, 4.69) is 26.1 Å². The molecule has 0 saturated heterocycles. The van der Waals surface area contributed by atoms with Crippen molar-refractivity contribution in [3.63, 3.8) is 0 Å². The standard InChI is InChI=1S/C53H72N10O12S/c1-51(2,3)73-48(68)56-27-19-18-24-39(44(55)64)57-46(66)40(28-33-20-12-11-13-21-33)58-47(67)41(30-35-32-63(50(70)75-53(7,8)9)43-26-17-15-23-37(35)43)60-76(71,72)61(10)59-45(65)38(54)29-34-31-62(49(69)74-52(4,5)6)42-25-16-14-22-36(34)42/h11-17,20-23,25-26,31-32,38-41,60H,18-19,24,27-30,54H2,1-10H3,(H2,55,64)(H,56,68)(H,57,66)(H,58,67)(H,59,65)/t38-,39+,40-,41+/m1/s1. The van der Waals surface area contributed by atoms with E-state index in [1.54, 1.807) is 141 Å². The highest BCUT2D eigenvalue weighted by Crippen LogP contribution is 2.26. The van der Waals surface area contributed by atoms with Crippen LogP contribution in [-0.2, 0) is 62.9 Å². The first-order valence-corrected chi connectivity index (χ1v) is 26.2. The van der Waals surface area contributed by atoms with Crippen LogP contribution in [0.3, 0.4) is 0 Å². The van der Waals surface area contributed by atoms with Crippen LogP contribution in [0.25, 0.3) is 21.8 Å². The van der Waals surface area contributed by atoms with E-state index < -0.39 is 99.5 Å². The summed E-state index contributed by atoms with van der Waals surface area (Å²) in [7, 11) is -3.85. The minimum atomic E-state index is -4.87. The number of carbonyl (C=O) groups excluding carboxylic acids is 7. The van der Waals surface area contributed by atoms with Crippen LogP contribution >= 0.6 is 0 Å². The van der Waals surface area contributed by atoms with Crippen molar-refractivity contribution < 1.29 is 56.2 Å². The molecule has 0 saturated carbocycles. The number of aromatic nitrogens is 2. The summed E-state index contributed by atoms with van der Waals surface area (Å²) in [6.45, 7) is 15.7. The van der Waals surface area contributed by atoms with Gasteiger partial charge in [-0.25, -0.2) is 14.4 Å². The van der Waals surface area contributed by atoms with E-state index >= 15 is 0 Å². The van der Waals surface area contributed by atoms with Gasteiger partial charge in [0.2, 0.25) is 17.7 Å². The van der Waals surface area contributed by atoms with E-state index in [-0.39, 0.29) is 25.8 Å². The molecule has 0 unspecified atom stereocenters. The topological polar surface area (TPSA) is 307 Å². The third-order valence-corrected chi connectivity index (χ3v) is 12.8. The number of hydrazine groups is 1. The van der Waals surface area contributed by atoms with Crippen molar-refractivity contribution in [3.8, 4) is 0 Å². The number of nitrogens with one attached hydrogen (secondary N) is 5. The SMILES string of the molecule is CN(NC(=O)[C@H](N)Cc1cn(C(=O)OC(C)(C)C)c2ccccc12)S(=O)(=O)N[C@@H](Cc1cn(C(=O)OC(C)(C)C)c2ccccc12)C(=O)N[C@H](Cc1ccccc1)C(=O)N[C@@H](CCCCNC(=O)OC(C)(C)C)C(N)=O. The maximum atomic E-state index is 14.8. The number of fused-ring (bicyclic) bond motifs is 2. The van der Waals surface area contributed by atoms with Crippen molar-refractivity contribution in [2.45, 2.75) is 142 Å². The van der Waals surface area contributed by atoms with E-state index in [1.807, 2.05) is 0 Å². The van der Waals surface area contributed by atoms with Gasteiger partial charge in [0.15, 0.2) is 0 Å². The molecule has 0 aliphatic carbocycles. The molecule has 0 bridgehead atoms. The van der Waals surface area contributed by atoms with Crippen LogP contribution in [0.5, 0.6) is 0 Å². The molecular weight excluding hydrogens is 1000 g/mol. The summed E-state index contributed by atoms with van der Waals surface area (Å²) in [6.07, 6.45) is 1.06. The van der Waals surface area contributed by atoms with Gasteiger partial charge in [0.25, 0.3) is 16.1 Å². The third kappa shape index (κ3) is 17.4. The number of nitrogens with zero attached hydrogens (tertiary/aromatic N) is 3. The summed E-state index contributed by atoms with van der Waals surface area (Å²) in [5, 5.41) is 9.03. The number of benzene rings is 3. The van der Waals surface area contributed by atoms with Gasteiger partial charge in [0.1, 0.15) is 34.9 Å². The van der Waals surface area contributed by atoms with Crippen molar-refractivity contribution in [3.05, 3.63) is 108 Å². The monoisotopic (exact) mass is 1070 g/mol. The van der Waals surface area contributed by atoms with Crippen molar-refractivity contribution in [1.29, 1.82) is 0 Å². The Morgan fingerprint density at radius 2 is 1.08 bits per heavy atom. The molecule has 5 aromatic rings. The molecule has 23 heteroatoms. The Bertz CT molecular complexity index is 3010. The quantitative estimate of drug-likeness (QED) is 0.0295. The van der Waals surface area contributed by atoms with Crippen LogP contribution in [0.15, 0.2) is 91.3 Å². The molecule has 2 heterocycles. The van der Waals surface area contributed by atoms with Crippen LogP contribution < -0.4 is 37.6 Å². The lowest BCUT2D eigenvalue weighted by Gasteiger charge is -2.27. The van der Waals surface area contributed by atoms with E-state index in [1.165, 1.54) is 21.5 Å². The van der Waals surface area contributed by atoms with Gasteiger partial charge >= 0.3 is 18.3 Å². The lowest BCUT2D eigenvalue weighted by Crippen LogP contribution is -2.60. The van der Waals surface area contributed by atoms with E-state index in [9.17, 15) is 42.0 Å². The maximum absolute atomic E-state index is 14.8. The predicted molar refractivity (Wildman–Crippen MR) is 286 cm³/mol. The molecule has 0 radical (unpaired) electrons. The fraction of sp³-hybridized carbons (Fsp3) is 0.453. The highest BCUT2D eigenvalue weighted by atomic mass is 32.2. The number of hydrogen-bond acceptors (Lipinski definition) is 13. The number of hydrogen-bond donors (Lipinski definition) is 7. The van der Waals surface area contributed by atoms with E-state index in [0.717, 1.165) is 7.05 Å². The summed E-state index contributed by atoms with van der Waals surface area (Å²) >= 11 is 0. The fourth-order valence-electron chi connectivity index (χ4n) is 7.91. The minimum absolute atomic E-state index is 0.0738. The van der Waals surface area contributed by atoms with Crippen molar-refractivity contribution in [1.82, 2.24) is 39.6 Å². The van der Waals surface area contributed by atoms with Gasteiger partial charge in [-0.1, -0.05) is 66.7 Å². The number of nitrogens with two attached hydrogens (primary N) is 2. The normalized spacial score (nSPS) is 13.8. The smallest absolute Gasteiger partial charge is 0.419 e. The van der Waals surface area contributed by atoms with Gasteiger partial charge < -0.3 is 41.6 Å². The predicted octanol–water partition coefficient (Wildman–Crippen LogP) is 4.83. The number of carbonyl (C=O) groups is 7. The molecule has 76 heavy (non-hydrogen) atoms. The molecule has 9 N–H and O–H groups in total. The average molecular weight is 1070 g/mol. The Kier molecular flexibility index (Phi) is 19.6. The van der Waals surface area contributed by atoms with Crippen molar-refractivity contribution in [2.75, 3.05) is 13.6 Å². The van der Waals surface area contributed by atoms with Gasteiger partial charge in [-0.3, -0.25) is 33.7 Å². The summed E-state index contributed by atoms with van der Waals surface area (Å²) in [6, 6.07) is 16.5. The first-order valence-electron chi connectivity index (χ1n) is 24.8. The third-order valence-electron chi connectivity index (χ3n) is 11.4. The zero-order valence-electron chi connectivity index (χ0n) is 44.7. The maximum Gasteiger partial charge on any atom is 0.419 e. The molecular formula is C53H72N10O12S. The Labute approximate surface area is 443 Å². The van der Waals surface area contributed by atoms with Crippen molar-refractivity contribution in [2.24, 2.45) is 11.5 Å². The molecule has 412 valence electrons. The number of amides is 5. The van der Waals surface area contributed by atoms with Crippen LogP contribution in [0.1, 0.15) is 98.3 Å². The first kappa shape index (κ1) is 59.5. The number of unbranched alkanes of at least 4 members (excludes halogenated alkanes) is 1. The second kappa shape index (κ2) is 25.0. The van der Waals surface area contributed by atoms with Gasteiger partial charge in [0, 0.05) is 43.2 Å². The lowest BCUT2D eigenvalue weighted by molar-refractivity contribution is -0.132. The molecule has 22 nitrogen and oxygen atoms in total. The Morgan fingerprint density at radius 3 is 1.59 bits per heavy atom. The number of para-hydroxylation sites is 2. The molecule has 5 amide bonds. The largest absolute Gasteiger partial charge is 0.444 e. The molecule has 0 aliphatic rings. The van der Waals surface area contributed by atoms with E-state index in [4.69, 9.17) is 25.7 Å². The molecule has 3 aromatic carbocycles. The van der Waals surface area contributed by atoms with Gasteiger partial charge in [-0.05, 0) is 123 Å². The Morgan fingerprint density at radius 1 is 0.605 bits per heavy atom. The van der Waals surface area contributed by atoms with Crippen molar-refractivity contribution >= 4 is 73.9 Å². The van der Waals surface area contributed by atoms with Crippen LogP contribution in [0.2, 0.25) is 0 Å². The number of alkyl carbamates (subject to hydrolysis) is 1. The highest BCUT2D eigenvalue weighted by molar-refractivity contribution is 7.87. The molecule has 0 fully saturated rings. The number of primary amides is 1. The number of rotatable bonds is 21. The zero-order chi connectivity index (χ0) is 56.3. The highest BCUT2D eigenvalue weighted by Gasteiger charge is 2.35. The van der Waals surface area contributed by atoms with Gasteiger partial charge in [-0.15, -0.1) is 4.41 Å². The fourth-order valence-corrected chi connectivity index (χ4v) is 8.83. The molecule has 4 atom stereocenters. The second-order valence-corrected chi connectivity index (χ2v) is 23.0. The van der Waals surface area contributed by atoms with Gasteiger partial charge in [-0.2, -0.15) is 13.1 Å². The van der Waals surface area contributed by atoms with Crippen LogP contribution in [0.4, 0.5) is 14.4 Å². The zero-order valence-corrected chi connectivity index (χ0v) is 45.5. The van der Waals surface area contributed by atoms with Gasteiger partial charge in [0.05, 0.1) is 17.1 Å². The number of ether oxygens (including phenoxy) is 3.